The van der Waals surface area contributed by atoms with E-state index in [1.54, 1.807) is 13.8 Å². The van der Waals surface area contributed by atoms with Crippen molar-refractivity contribution in [3.63, 3.8) is 0 Å². The van der Waals surface area contributed by atoms with Gasteiger partial charge < -0.3 is 14.6 Å². The van der Waals surface area contributed by atoms with Gasteiger partial charge in [-0.1, -0.05) is 6.92 Å². The summed E-state index contributed by atoms with van der Waals surface area (Å²) in [6.45, 7) is 3.73. The quantitative estimate of drug-likeness (QED) is 0.708. The Kier molecular flexibility index (Phi) is 12.0. The summed E-state index contributed by atoms with van der Waals surface area (Å²) in [5, 5.41) is 7.57. The molecule has 0 saturated heterocycles. The third kappa shape index (κ3) is 12.9. The van der Waals surface area contributed by atoms with Crippen LogP contribution < -0.4 is 0 Å². The summed E-state index contributed by atoms with van der Waals surface area (Å²) in [4.78, 5) is 21.4. The predicted octanol–water partition coefficient (Wildman–Crippen LogP) is 0.747. The number of carbonyl (C=O) groups excluding carboxylic acids is 2. The lowest BCUT2D eigenvalue weighted by Crippen LogP contribution is -2.12. The average Bonchev–Trinajstić information content (AvgIpc) is 2.18. The normalized spacial score (nSPS) is 8.93. The van der Waals surface area contributed by atoms with Crippen molar-refractivity contribution in [1.29, 1.82) is 0 Å². The van der Waals surface area contributed by atoms with Crippen LogP contribution in [0.2, 0.25) is 0 Å². The summed E-state index contributed by atoms with van der Waals surface area (Å²) in [5.41, 5.74) is 0. The molecule has 0 heterocycles. The Morgan fingerprint density at radius 2 is 1.40 bits per heavy atom. The monoisotopic (exact) mass is 220 g/mol. The lowest BCUT2D eigenvalue weighted by Gasteiger charge is -2.07. The summed E-state index contributed by atoms with van der Waals surface area (Å²) in [7, 11) is 2.65. The van der Waals surface area contributed by atoms with Gasteiger partial charge >= 0.3 is 11.9 Å². The van der Waals surface area contributed by atoms with Crippen LogP contribution >= 0.6 is 0 Å². The second kappa shape index (κ2) is 11.0. The molecule has 0 aromatic carbocycles. The molecule has 90 valence electrons. The minimum Gasteiger partial charge on any atom is -0.469 e. The smallest absolute Gasteiger partial charge is 0.305 e. The van der Waals surface area contributed by atoms with Gasteiger partial charge in [-0.2, -0.15) is 0 Å². The van der Waals surface area contributed by atoms with Crippen LogP contribution in [0.4, 0.5) is 0 Å². The zero-order valence-electron chi connectivity index (χ0n) is 9.78. The number of ether oxygens (including phenoxy) is 2. The predicted molar refractivity (Wildman–Crippen MR) is 55.2 cm³/mol. The number of aliphatic hydroxyl groups excluding tert-OH is 1. The van der Waals surface area contributed by atoms with Gasteiger partial charge in [0.05, 0.1) is 14.2 Å². The van der Waals surface area contributed by atoms with Crippen LogP contribution in [0.1, 0.15) is 26.7 Å². The highest BCUT2D eigenvalue weighted by Crippen LogP contribution is 2.08. The molecule has 1 N–H and O–H groups in total. The summed E-state index contributed by atoms with van der Waals surface area (Å²) in [5.74, 6) is -0.622. The minimum atomic E-state index is -0.300. The fraction of sp³-hybridized carbons (Fsp3) is 0.800. The van der Waals surface area contributed by atoms with Gasteiger partial charge in [-0.3, -0.25) is 9.59 Å². The number of aliphatic hydroxyl groups is 1. The van der Waals surface area contributed by atoms with E-state index in [9.17, 15) is 9.59 Å². The summed E-state index contributed by atoms with van der Waals surface area (Å²) < 4.78 is 8.89. The molecule has 0 aromatic heterocycles. The van der Waals surface area contributed by atoms with Crippen molar-refractivity contribution in [2.45, 2.75) is 26.7 Å². The minimum absolute atomic E-state index is 0.0232. The van der Waals surface area contributed by atoms with Crippen LogP contribution in [-0.2, 0) is 19.1 Å². The summed E-state index contributed by atoms with van der Waals surface area (Å²) >= 11 is 0. The highest BCUT2D eigenvalue weighted by Gasteiger charge is 2.13. The van der Waals surface area contributed by atoms with Gasteiger partial charge in [0.2, 0.25) is 0 Å². The van der Waals surface area contributed by atoms with Crippen LogP contribution in [0, 0.1) is 5.92 Å². The van der Waals surface area contributed by atoms with Gasteiger partial charge in [0, 0.05) is 19.4 Å². The lowest BCUT2D eigenvalue weighted by molar-refractivity contribution is -0.144. The molecular formula is C10H20O5. The molecule has 0 aliphatic heterocycles. The molecule has 0 aliphatic rings. The average molecular weight is 220 g/mol. The van der Waals surface area contributed by atoms with E-state index in [4.69, 9.17) is 5.11 Å². The van der Waals surface area contributed by atoms with Crippen molar-refractivity contribution >= 4 is 11.9 Å². The lowest BCUT2D eigenvalue weighted by atomic mass is 10.0. The van der Waals surface area contributed by atoms with E-state index in [1.807, 2.05) is 0 Å². The molecule has 5 nitrogen and oxygen atoms in total. The van der Waals surface area contributed by atoms with Crippen LogP contribution in [-0.4, -0.2) is 37.9 Å². The SMILES string of the molecule is CCO.COC(=O)CC(C)CC(=O)OC. The van der Waals surface area contributed by atoms with E-state index >= 15 is 0 Å². The maximum atomic E-state index is 10.7. The Morgan fingerprint density at radius 3 is 1.60 bits per heavy atom. The number of carbonyl (C=O) groups is 2. The van der Waals surface area contributed by atoms with E-state index < -0.39 is 0 Å². The third-order valence-electron chi connectivity index (χ3n) is 1.49. The first-order valence-corrected chi connectivity index (χ1v) is 4.76. The molecule has 0 radical (unpaired) electrons. The first kappa shape index (κ1) is 16.3. The maximum Gasteiger partial charge on any atom is 0.305 e. The molecule has 15 heavy (non-hydrogen) atoms. The van der Waals surface area contributed by atoms with E-state index in [0.29, 0.717) is 0 Å². The highest BCUT2D eigenvalue weighted by molar-refractivity contribution is 5.72. The molecule has 0 amide bonds. The van der Waals surface area contributed by atoms with Gasteiger partial charge in [0.25, 0.3) is 0 Å². The molecule has 0 aromatic rings. The van der Waals surface area contributed by atoms with E-state index in [-0.39, 0.29) is 37.3 Å². The first-order chi connectivity index (χ1) is 7.01. The fourth-order valence-corrected chi connectivity index (χ4v) is 0.808. The Labute approximate surface area is 90.4 Å². The fourth-order valence-electron chi connectivity index (χ4n) is 0.808. The standard InChI is InChI=1S/C8H14O4.C2H6O/c1-6(4-7(9)11-2)5-8(10)12-3;1-2-3/h6H,4-5H2,1-3H3;3H,2H2,1H3. The number of hydrogen-bond donors (Lipinski definition) is 1. The van der Waals surface area contributed by atoms with Crippen LogP contribution in [0.15, 0.2) is 0 Å². The Bertz CT molecular complexity index is 161. The zero-order chi connectivity index (χ0) is 12.3. The van der Waals surface area contributed by atoms with E-state index in [2.05, 4.69) is 9.47 Å². The van der Waals surface area contributed by atoms with Gasteiger partial charge in [0.15, 0.2) is 0 Å². The van der Waals surface area contributed by atoms with Crippen LogP contribution in [0.5, 0.6) is 0 Å². The van der Waals surface area contributed by atoms with Crippen molar-refractivity contribution in [2.75, 3.05) is 20.8 Å². The Balaban J connectivity index is 0. The van der Waals surface area contributed by atoms with Crippen molar-refractivity contribution in [2.24, 2.45) is 5.92 Å². The van der Waals surface area contributed by atoms with Crippen LogP contribution in [0.25, 0.3) is 0 Å². The highest BCUT2D eigenvalue weighted by atomic mass is 16.5. The molecule has 0 bridgehead atoms. The second-order valence-corrected chi connectivity index (χ2v) is 2.98. The van der Waals surface area contributed by atoms with Crippen molar-refractivity contribution in [3.05, 3.63) is 0 Å². The molecule has 0 rings (SSSR count). The topological polar surface area (TPSA) is 72.8 Å². The van der Waals surface area contributed by atoms with E-state index in [0.717, 1.165) is 0 Å². The molecular weight excluding hydrogens is 200 g/mol. The second-order valence-electron chi connectivity index (χ2n) is 2.98. The number of rotatable bonds is 4. The molecule has 0 fully saturated rings. The molecule has 0 saturated carbocycles. The molecule has 5 heteroatoms. The third-order valence-corrected chi connectivity index (χ3v) is 1.49. The summed E-state index contributed by atoms with van der Waals surface area (Å²) in [6.07, 6.45) is 0.511. The maximum absolute atomic E-state index is 10.7. The number of hydrogen-bond acceptors (Lipinski definition) is 5. The van der Waals surface area contributed by atoms with Gasteiger partial charge in [-0.05, 0) is 12.8 Å². The molecule has 0 atom stereocenters. The molecule has 0 unspecified atom stereocenters. The van der Waals surface area contributed by atoms with Crippen LogP contribution in [0.3, 0.4) is 0 Å². The van der Waals surface area contributed by atoms with Gasteiger partial charge in [-0.25, -0.2) is 0 Å². The molecule has 0 spiro atoms. The number of methoxy groups -OCH3 is 2. The van der Waals surface area contributed by atoms with Gasteiger partial charge in [0.1, 0.15) is 0 Å². The van der Waals surface area contributed by atoms with Crippen molar-refractivity contribution < 1.29 is 24.2 Å². The van der Waals surface area contributed by atoms with Crippen molar-refractivity contribution in [3.8, 4) is 0 Å². The van der Waals surface area contributed by atoms with Crippen molar-refractivity contribution in [1.82, 2.24) is 0 Å². The largest absolute Gasteiger partial charge is 0.469 e. The summed E-state index contributed by atoms with van der Waals surface area (Å²) in [6, 6.07) is 0. The van der Waals surface area contributed by atoms with Gasteiger partial charge in [-0.15, -0.1) is 0 Å². The Morgan fingerprint density at radius 1 is 1.13 bits per heavy atom. The van der Waals surface area contributed by atoms with E-state index in [1.165, 1.54) is 14.2 Å². The zero-order valence-corrected chi connectivity index (χ0v) is 9.78. The Hall–Kier alpha value is -1.10. The molecule has 0 aliphatic carbocycles. The first-order valence-electron chi connectivity index (χ1n) is 4.76. The number of esters is 2.